The van der Waals surface area contributed by atoms with Crippen molar-refractivity contribution >= 4 is 11.9 Å². The first-order chi connectivity index (χ1) is 10.4. The topological polar surface area (TPSA) is 90.7 Å². The van der Waals surface area contributed by atoms with Crippen molar-refractivity contribution in [2.24, 2.45) is 11.7 Å². The Kier molecular flexibility index (Phi) is 6.59. The van der Waals surface area contributed by atoms with E-state index in [0.717, 1.165) is 0 Å². The molecule has 3 N–H and O–H groups in total. The maximum absolute atomic E-state index is 12.7. The second kappa shape index (κ2) is 7.62. The van der Waals surface area contributed by atoms with Crippen molar-refractivity contribution in [3.05, 3.63) is 0 Å². The van der Waals surface area contributed by atoms with Gasteiger partial charge in [0.15, 0.2) is 0 Å². The van der Waals surface area contributed by atoms with Gasteiger partial charge in [-0.05, 0) is 46.5 Å². The van der Waals surface area contributed by atoms with Crippen LogP contribution in [-0.4, -0.2) is 41.8 Å². The van der Waals surface area contributed by atoms with E-state index in [-0.39, 0.29) is 17.9 Å². The summed E-state index contributed by atoms with van der Waals surface area (Å²) in [6, 6.07) is -0.670. The van der Waals surface area contributed by atoms with Gasteiger partial charge in [0, 0.05) is 13.0 Å². The number of ether oxygens (including phenoxy) is 2. The molecule has 1 unspecified atom stereocenters. The van der Waals surface area contributed by atoms with Crippen LogP contribution in [0.4, 0.5) is 0 Å². The van der Waals surface area contributed by atoms with E-state index in [4.69, 9.17) is 15.2 Å². The van der Waals surface area contributed by atoms with Gasteiger partial charge in [0.2, 0.25) is 5.91 Å². The Hall–Kier alpha value is -1.14. The number of carbonyl (C=O) groups is 2. The van der Waals surface area contributed by atoms with E-state index < -0.39 is 23.2 Å². The molecule has 1 rings (SSSR count). The van der Waals surface area contributed by atoms with Gasteiger partial charge in [-0.1, -0.05) is 13.8 Å². The molecule has 1 fully saturated rings. The van der Waals surface area contributed by atoms with E-state index in [9.17, 15) is 9.59 Å². The lowest BCUT2D eigenvalue weighted by Crippen LogP contribution is -2.63. The molecule has 0 bridgehead atoms. The minimum absolute atomic E-state index is 0.220. The molecular weight excluding hydrogens is 296 g/mol. The van der Waals surface area contributed by atoms with Gasteiger partial charge in [-0.2, -0.15) is 0 Å². The first-order valence-electron chi connectivity index (χ1n) is 8.39. The summed E-state index contributed by atoms with van der Waals surface area (Å²) in [5.41, 5.74) is 4.85. The fraction of sp³-hybridized carbons (Fsp3) is 0.882. The van der Waals surface area contributed by atoms with Crippen molar-refractivity contribution in [3.63, 3.8) is 0 Å². The molecule has 134 valence electrons. The van der Waals surface area contributed by atoms with E-state index in [1.54, 1.807) is 13.8 Å². The van der Waals surface area contributed by atoms with Gasteiger partial charge < -0.3 is 20.5 Å². The molecule has 1 aliphatic heterocycles. The Morgan fingerprint density at radius 3 is 2.35 bits per heavy atom. The summed E-state index contributed by atoms with van der Waals surface area (Å²) in [6.45, 7) is 11.8. The molecule has 23 heavy (non-hydrogen) atoms. The average molecular weight is 328 g/mol. The Balaban J connectivity index is 2.81. The molecule has 1 amide bonds. The zero-order chi connectivity index (χ0) is 17.8. The molecule has 2 atom stereocenters. The third-order valence-electron chi connectivity index (χ3n) is 3.88. The predicted molar refractivity (Wildman–Crippen MR) is 88.8 cm³/mol. The van der Waals surface area contributed by atoms with Crippen LogP contribution in [0.3, 0.4) is 0 Å². The first-order valence-corrected chi connectivity index (χ1v) is 8.39. The molecule has 0 aliphatic carbocycles. The third-order valence-corrected chi connectivity index (χ3v) is 3.88. The average Bonchev–Trinajstić information content (AvgIpc) is 2.34. The Morgan fingerprint density at radius 2 is 1.87 bits per heavy atom. The Bertz CT molecular complexity index is 434. The highest BCUT2D eigenvalue weighted by molar-refractivity contribution is 5.90. The van der Waals surface area contributed by atoms with Crippen LogP contribution in [0, 0.1) is 5.92 Å². The molecule has 6 heteroatoms. The van der Waals surface area contributed by atoms with E-state index in [2.05, 4.69) is 5.32 Å². The Morgan fingerprint density at radius 1 is 1.26 bits per heavy atom. The van der Waals surface area contributed by atoms with Crippen LogP contribution in [0.25, 0.3) is 0 Å². The fourth-order valence-corrected chi connectivity index (χ4v) is 2.90. The minimum atomic E-state index is -1.02. The molecule has 1 aliphatic rings. The van der Waals surface area contributed by atoms with Gasteiger partial charge >= 0.3 is 5.97 Å². The normalized spacial score (nSPS) is 25.3. The van der Waals surface area contributed by atoms with Gasteiger partial charge in [0.05, 0.1) is 11.7 Å². The molecule has 0 aromatic heterocycles. The van der Waals surface area contributed by atoms with E-state index in [0.29, 0.717) is 25.9 Å². The quantitative estimate of drug-likeness (QED) is 0.725. The van der Waals surface area contributed by atoms with Crippen molar-refractivity contribution in [2.75, 3.05) is 6.61 Å². The number of nitrogens with two attached hydrogens (primary N) is 1. The summed E-state index contributed by atoms with van der Waals surface area (Å²) in [4.78, 5) is 24.9. The summed E-state index contributed by atoms with van der Waals surface area (Å²) < 4.78 is 10.9. The first kappa shape index (κ1) is 19.9. The van der Waals surface area contributed by atoms with Gasteiger partial charge in [-0.15, -0.1) is 0 Å². The summed E-state index contributed by atoms with van der Waals surface area (Å²) in [7, 11) is 0. The molecule has 0 spiro atoms. The summed E-state index contributed by atoms with van der Waals surface area (Å²) >= 11 is 0. The standard InChI is InChI=1S/C17H32N2O4/c1-11(2)9-13(14(20)23-12(3)4)19-15(21)17(18)7-8-22-16(5,6)10-17/h11-13H,7-10,18H2,1-6H3,(H,19,21)/t13-,17?/m0/s1. The number of carbonyl (C=O) groups excluding carboxylic acids is 2. The third kappa shape index (κ3) is 6.11. The number of amides is 1. The number of nitrogens with one attached hydrogen (secondary N) is 1. The van der Waals surface area contributed by atoms with Crippen molar-refractivity contribution in [2.45, 2.75) is 84.1 Å². The predicted octanol–water partition coefficient (Wildman–Crippen LogP) is 1.76. The molecule has 0 radical (unpaired) electrons. The van der Waals surface area contributed by atoms with Crippen molar-refractivity contribution in [3.8, 4) is 0 Å². The van der Waals surface area contributed by atoms with E-state index >= 15 is 0 Å². The van der Waals surface area contributed by atoms with E-state index in [1.807, 2.05) is 27.7 Å². The fourth-order valence-electron chi connectivity index (χ4n) is 2.90. The van der Waals surface area contributed by atoms with Crippen LogP contribution < -0.4 is 11.1 Å². The lowest BCUT2D eigenvalue weighted by atomic mass is 9.81. The van der Waals surface area contributed by atoms with E-state index in [1.165, 1.54) is 0 Å². The zero-order valence-electron chi connectivity index (χ0n) is 15.3. The highest BCUT2D eigenvalue weighted by Crippen LogP contribution is 2.30. The van der Waals surface area contributed by atoms with Crippen LogP contribution in [0.15, 0.2) is 0 Å². The van der Waals surface area contributed by atoms with Gasteiger partial charge in [0.25, 0.3) is 0 Å². The van der Waals surface area contributed by atoms with Gasteiger partial charge in [-0.3, -0.25) is 4.79 Å². The second-order valence-electron chi connectivity index (χ2n) is 7.83. The number of esters is 1. The van der Waals surface area contributed by atoms with Crippen LogP contribution in [0.1, 0.15) is 60.8 Å². The lowest BCUT2D eigenvalue weighted by molar-refractivity contribution is -0.153. The second-order valence-corrected chi connectivity index (χ2v) is 7.83. The highest BCUT2D eigenvalue weighted by Gasteiger charge is 2.44. The molecule has 0 saturated carbocycles. The maximum Gasteiger partial charge on any atom is 0.328 e. The molecule has 0 aromatic rings. The minimum Gasteiger partial charge on any atom is -0.461 e. The molecule has 0 aromatic carbocycles. The molecular formula is C17H32N2O4. The molecule has 6 nitrogen and oxygen atoms in total. The Labute approximate surface area is 139 Å². The largest absolute Gasteiger partial charge is 0.461 e. The van der Waals surface area contributed by atoms with Crippen molar-refractivity contribution in [1.82, 2.24) is 5.32 Å². The smallest absolute Gasteiger partial charge is 0.328 e. The molecule has 1 heterocycles. The maximum atomic E-state index is 12.7. The summed E-state index contributed by atoms with van der Waals surface area (Å²) in [6.07, 6.45) is 1.16. The number of hydrogen-bond donors (Lipinski definition) is 2. The van der Waals surface area contributed by atoms with Crippen molar-refractivity contribution < 1.29 is 19.1 Å². The van der Waals surface area contributed by atoms with Crippen LogP contribution in [0.2, 0.25) is 0 Å². The summed E-state index contributed by atoms with van der Waals surface area (Å²) in [5.74, 6) is -0.461. The number of rotatable bonds is 6. The van der Waals surface area contributed by atoms with Crippen LogP contribution >= 0.6 is 0 Å². The highest BCUT2D eigenvalue weighted by atomic mass is 16.5. The molecule has 1 saturated heterocycles. The van der Waals surface area contributed by atoms with Crippen LogP contribution in [0.5, 0.6) is 0 Å². The monoisotopic (exact) mass is 328 g/mol. The SMILES string of the molecule is CC(C)C[C@H](NC(=O)C1(N)CCOC(C)(C)C1)C(=O)OC(C)C. The lowest BCUT2D eigenvalue weighted by Gasteiger charge is -2.41. The van der Waals surface area contributed by atoms with Crippen LogP contribution in [-0.2, 0) is 19.1 Å². The zero-order valence-corrected chi connectivity index (χ0v) is 15.3. The van der Waals surface area contributed by atoms with Crippen molar-refractivity contribution in [1.29, 1.82) is 0 Å². The van der Waals surface area contributed by atoms with Gasteiger partial charge in [-0.25, -0.2) is 4.79 Å². The summed E-state index contributed by atoms with van der Waals surface area (Å²) in [5, 5.41) is 2.81. The number of hydrogen-bond acceptors (Lipinski definition) is 5. The van der Waals surface area contributed by atoms with Gasteiger partial charge in [0.1, 0.15) is 11.6 Å².